The minimum atomic E-state index is -0.149. The second-order valence-corrected chi connectivity index (χ2v) is 4.98. The fraction of sp³-hybridized carbons (Fsp3) is 0.143. The van der Waals surface area contributed by atoms with E-state index in [-0.39, 0.29) is 6.03 Å². The lowest BCUT2D eigenvalue weighted by Crippen LogP contribution is -2.30. The number of hydrogen-bond donors (Lipinski definition) is 1. The molecule has 0 aliphatic carbocycles. The Hall–Kier alpha value is -1.88. The molecule has 0 saturated carbocycles. The zero-order chi connectivity index (χ0) is 13.7. The number of nitrogens with one attached hydrogen (secondary N) is 1. The number of hydrogen-bond acceptors (Lipinski definition) is 2. The van der Waals surface area contributed by atoms with Gasteiger partial charge in [0.2, 0.25) is 0 Å². The summed E-state index contributed by atoms with van der Waals surface area (Å²) in [6.45, 7) is 0.540. The summed E-state index contributed by atoms with van der Waals surface area (Å²) in [7, 11) is 1.76. The molecule has 0 atom stereocenters. The zero-order valence-electron chi connectivity index (χ0n) is 10.5. The number of carbonyl (C=O) groups excluding carboxylic acids is 1. The van der Waals surface area contributed by atoms with Crippen LogP contribution < -0.4 is 5.32 Å². The van der Waals surface area contributed by atoms with E-state index in [1.165, 1.54) is 0 Å². The van der Waals surface area contributed by atoms with Crippen LogP contribution in [0.15, 0.2) is 53.3 Å². The van der Waals surface area contributed by atoms with Gasteiger partial charge in [0.1, 0.15) is 0 Å². The molecule has 0 unspecified atom stereocenters. The number of rotatable bonds is 3. The Morgan fingerprint density at radius 3 is 2.63 bits per heavy atom. The molecule has 0 aliphatic heterocycles. The molecule has 0 bridgehead atoms. The average molecular weight is 320 g/mol. The fourth-order valence-electron chi connectivity index (χ4n) is 1.61. The predicted octanol–water partition coefficient (Wildman–Crippen LogP) is 3.51. The Kier molecular flexibility index (Phi) is 4.52. The molecule has 98 valence electrons. The van der Waals surface area contributed by atoms with Gasteiger partial charge < -0.3 is 10.2 Å². The predicted molar refractivity (Wildman–Crippen MR) is 78.9 cm³/mol. The molecule has 1 aromatic carbocycles. The quantitative estimate of drug-likeness (QED) is 0.941. The first-order chi connectivity index (χ1) is 9.16. The van der Waals surface area contributed by atoms with Gasteiger partial charge in [-0.2, -0.15) is 0 Å². The fourth-order valence-corrected chi connectivity index (χ4v) is 1.99. The van der Waals surface area contributed by atoms with Crippen LogP contribution in [0.1, 0.15) is 5.56 Å². The molecule has 1 N–H and O–H groups in total. The van der Waals surface area contributed by atoms with Crippen molar-refractivity contribution in [1.82, 2.24) is 9.88 Å². The van der Waals surface area contributed by atoms with Crippen molar-refractivity contribution in [3.05, 3.63) is 58.8 Å². The molecule has 2 amide bonds. The van der Waals surface area contributed by atoms with Gasteiger partial charge in [0, 0.05) is 30.5 Å². The summed E-state index contributed by atoms with van der Waals surface area (Å²) in [4.78, 5) is 17.6. The Balaban J connectivity index is 1.99. The summed E-state index contributed by atoms with van der Waals surface area (Å²) in [5.74, 6) is 0. The molecule has 0 spiro atoms. The molecule has 4 nitrogen and oxygen atoms in total. The number of carbonyl (C=O) groups is 1. The lowest BCUT2D eigenvalue weighted by molar-refractivity contribution is 0.220. The topological polar surface area (TPSA) is 45.2 Å². The van der Waals surface area contributed by atoms with E-state index in [1.54, 1.807) is 24.3 Å². The highest BCUT2D eigenvalue weighted by Gasteiger charge is 2.10. The molecule has 0 radical (unpaired) electrons. The van der Waals surface area contributed by atoms with Crippen LogP contribution in [0.25, 0.3) is 0 Å². The Labute approximate surface area is 120 Å². The molecule has 2 aromatic rings. The number of benzene rings is 1. The second kappa shape index (κ2) is 6.33. The highest BCUT2D eigenvalue weighted by Crippen LogP contribution is 2.21. The van der Waals surface area contributed by atoms with Gasteiger partial charge in [0.05, 0.1) is 5.69 Å². The second-order valence-electron chi connectivity index (χ2n) is 4.12. The number of urea groups is 1. The third-order valence-corrected chi connectivity index (χ3v) is 3.32. The van der Waals surface area contributed by atoms with Gasteiger partial charge in [-0.3, -0.25) is 4.98 Å². The summed E-state index contributed by atoms with van der Waals surface area (Å²) < 4.78 is 0.862. The van der Waals surface area contributed by atoms with Crippen LogP contribution in [0.5, 0.6) is 0 Å². The maximum Gasteiger partial charge on any atom is 0.321 e. The van der Waals surface area contributed by atoms with Gasteiger partial charge in [0.15, 0.2) is 0 Å². The van der Waals surface area contributed by atoms with Crippen LogP contribution in [0.3, 0.4) is 0 Å². The van der Waals surface area contributed by atoms with Crippen LogP contribution >= 0.6 is 15.9 Å². The summed E-state index contributed by atoms with van der Waals surface area (Å²) in [5, 5.41) is 2.85. The van der Waals surface area contributed by atoms with Gasteiger partial charge in [-0.25, -0.2) is 4.79 Å². The van der Waals surface area contributed by atoms with E-state index in [1.807, 2.05) is 36.4 Å². The van der Waals surface area contributed by atoms with Gasteiger partial charge in [-0.1, -0.05) is 12.1 Å². The molecule has 1 aromatic heterocycles. The normalized spacial score (nSPS) is 10.0. The maximum absolute atomic E-state index is 12.0. The SMILES string of the molecule is CN(Cc1ccncc1)C(=O)Nc1ccccc1Br. The van der Waals surface area contributed by atoms with Crippen molar-refractivity contribution >= 4 is 27.6 Å². The van der Waals surface area contributed by atoms with Gasteiger partial charge in [-0.05, 0) is 45.8 Å². The number of pyridine rings is 1. The summed E-state index contributed by atoms with van der Waals surface area (Å²) in [6.07, 6.45) is 3.43. The molecule has 5 heteroatoms. The first kappa shape index (κ1) is 13.5. The van der Waals surface area contributed by atoms with Gasteiger partial charge >= 0.3 is 6.03 Å². The number of para-hydroxylation sites is 1. The van der Waals surface area contributed by atoms with Gasteiger partial charge in [-0.15, -0.1) is 0 Å². The molecular formula is C14H14BrN3O. The monoisotopic (exact) mass is 319 g/mol. The third kappa shape index (κ3) is 3.79. The molecular weight excluding hydrogens is 306 g/mol. The van der Waals surface area contributed by atoms with Crippen molar-refractivity contribution in [3.8, 4) is 0 Å². The lowest BCUT2D eigenvalue weighted by Gasteiger charge is -2.18. The lowest BCUT2D eigenvalue weighted by atomic mass is 10.2. The average Bonchev–Trinajstić information content (AvgIpc) is 2.42. The number of anilines is 1. The van der Waals surface area contributed by atoms with Crippen molar-refractivity contribution in [1.29, 1.82) is 0 Å². The molecule has 19 heavy (non-hydrogen) atoms. The molecule has 0 fully saturated rings. The van der Waals surface area contributed by atoms with E-state index in [0.29, 0.717) is 6.54 Å². The standard InChI is InChI=1S/C14H14BrN3O/c1-18(10-11-6-8-16-9-7-11)14(19)17-13-5-3-2-4-12(13)15/h2-9H,10H2,1H3,(H,17,19). The van der Waals surface area contributed by atoms with E-state index in [2.05, 4.69) is 26.2 Å². The Bertz CT molecular complexity index is 560. The van der Waals surface area contributed by atoms with E-state index in [4.69, 9.17) is 0 Å². The number of aromatic nitrogens is 1. The Morgan fingerprint density at radius 2 is 1.95 bits per heavy atom. The summed E-state index contributed by atoms with van der Waals surface area (Å²) in [6, 6.07) is 11.2. The van der Waals surface area contributed by atoms with Crippen molar-refractivity contribution in [2.45, 2.75) is 6.54 Å². The van der Waals surface area contributed by atoms with Gasteiger partial charge in [0.25, 0.3) is 0 Å². The third-order valence-electron chi connectivity index (χ3n) is 2.63. The minimum Gasteiger partial charge on any atom is -0.323 e. The maximum atomic E-state index is 12.0. The Morgan fingerprint density at radius 1 is 1.26 bits per heavy atom. The number of nitrogens with zero attached hydrogens (tertiary/aromatic N) is 2. The van der Waals surface area contributed by atoms with E-state index < -0.39 is 0 Å². The van der Waals surface area contributed by atoms with E-state index in [0.717, 1.165) is 15.7 Å². The highest BCUT2D eigenvalue weighted by molar-refractivity contribution is 9.10. The first-order valence-electron chi connectivity index (χ1n) is 5.82. The number of amides is 2. The minimum absolute atomic E-state index is 0.149. The first-order valence-corrected chi connectivity index (χ1v) is 6.61. The largest absolute Gasteiger partial charge is 0.323 e. The van der Waals surface area contributed by atoms with Crippen molar-refractivity contribution in [2.24, 2.45) is 0 Å². The van der Waals surface area contributed by atoms with Crippen LogP contribution in [-0.2, 0) is 6.54 Å². The van der Waals surface area contributed by atoms with Crippen molar-refractivity contribution < 1.29 is 4.79 Å². The molecule has 2 rings (SSSR count). The summed E-state index contributed by atoms with van der Waals surface area (Å²) >= 11 is 3.40. The van der Waals surface area contributed by atoms with E-state index >= 15 is 0 Å². The van der Waals surface area contributed by atoms with Crippen molar-refractivity contribution in [2.75, 3.05) is 12.4 Å². The van der Waals surface area contributed by atoms with Crippen LogP contribution in [0, 0.1) is 0 Å². The van der Waals surface area contributed by atoms with Crippen LogP contribution in [0.2, 0.25) is 0 Å². The smallest absolute Gasteiger partial charge is 0.321 e. The van der Waals surface area contributed by atoms with Crippen LogP contribution in [0.4, 0.5) is 10.5 Å². The van der Waals surface area contributed by atoms with Crippen LogP contribution in [-0.4, -0.2) is 23.0 Å². The number of halogens is 1. The molecule has 0 aliphatic rings. The highest BCUT2D eigenvalue weighted by atomic mass is 79.9. The van der Waals surface area contributed by atoms with E-state index in [9.17, 15) is 4.79 Å². The van der Waals surface area contributed by atoms with Crippen molar-refractivity contribution in [3.63, 3.8) is 0 Å². The zero-order valence-corrected chi connectivity index (χ0v) is 12.1. The summed E-state index contributed by atoms with van der Waals surface area (Å²) in [5.41, 5.74) is 1.80. The molecule has 0 saturated heterocycles. The molecule has 1 heterocycles.